The van der Waals surface area contributed by atoms with Crippen molar-refractivity contribution in [2.45, 2.75) is 58.2 Å². The highest BCUT2D eigenvalue weighted by Gasteiger charge is 2.31. The highest BCUT2D eigenvalue weighted by Crippen LogP contribution is 2.23. The number of amides is 1. The third-order valence-electron chi connectivity index (χ3n) is 4.86. The van der Waals surface area contributed by atoms with E-state index in [2.05, 4.69) is 10.4 Å². The second-order valence-electron chi connectivity index (χ2n) is 6.31. The van der Waals surface area contributed by atoms with Crippen LogP contribution in [0, 0.1) is 13.8 Å². The fourth-order valence-corrected chi connectivity index (χ4v) is 3.58. The van der Waals surface area contributed by atoms with Crippen molar-refractivity contribution in [2.75, 3.05) is 13.1 Å². The maximum absolute atomic E-state index is 12.9. The minimum atomic E-state index is -2.67. The summed E-state index contributed by atoms with van der Waals surface area (Å²) in [6.07, 6.45) is 3.42. The zero-order chi connectivity index (χ0) is 15.9. The van der Waals surface area contributed by atoms with Crippen molar-refractivity contribution in [3.8, 4) is 0 Å². The van der Waals surface area contributed by atoms with Gasteiger partial charge in [-0.05, 0) is 33.1 Å². The molecule has 0 spiro atoms. The predicted octanol–water partition coefficient (Wildman–Crippen LogP) is 2.21. The van der Waals surface area contributed by atoms with Crippen LogP contribution in [0.2, 0.25) is 0 Å². The monoisotopic (exact) mass is 348 g/mol. The third-order valence-corrected chi connectivity index (χ3v) is 4.86. The summed E-state index contributed by atoms with van der Waals surface area (Å²) in [5.74, 6) is 0.00867. The number of rotatable bonds is 3. The molecule has 0 aliphatic carbocycles. The highest BCUT2D eigenvalue weighted by molar-refractivity contribution is 5.85. The number of hydrogen-bond acceptors (Lipinski definition) is 3. The van der Waals surface area contributed by atoms with Crippen LogP contribution in [0.5, 0.6) is 0 Å². The Labute approximate surface area is 140 Å². The number of carbonyl (C=O) groups excluding carboxylic acids is 1. The molecular formula is C15H23ClF2N4O. The summed E-state index contributed by atoms with van der Waals surface area (Å²) < 4.78 is 26.4. The van der Waals surface area contributed by atoms with E-state index in [1.54, 1.807) is 13.8 Å². The van der Waals surface area contributed by atoms with E-state index in [1.807, 2.05) is 4.90 Å². The molecule has 2 atom stereocenters. The number of halogens is 3. The van der Waals surface area contributed by atoms with Crippen molar-refractivity contribution in [3.63, 3.8) is 0 Å². The Morgan fingerprint density at radius 3 is 2.65 bits per heavy atom. The standard InChI is InChI=1S/C15H22F2N4O.ClH/c1-9-13(10(2)21(19-9)15(16)17)7-14(22)20-6-5-11-3-4-12(8-20)18-11;/h11-12,15,18H,3-8H2,1-2H3;1H. The average Bonchev–Trinajstić information content (AvgIpc) is 2.92. The lowest BCUT2D eigenvalue weighted by molar-refractivity contribution is -0.130. The van der Waals surface area contributed by atoms with E-state index < -0.39 is 6.55 Å². The lowest BCUT2D eigenvalue weighted by Crippen LogP contribution is -2.39. The Morgan fingerprint density at radius 1 is 1.30 bits per heavy atom. The van der Waals surface area contributed by atoms with Gasteiger partial charge in [-0.3, -0.25) is 4.79 Å². The molecule has 3 heterocycles. The largest absolute Gasteiger partial charge is 0.341 e. The van der Waals surface area contributed by atoms with Gasteiger partial charge in [0.15, 0.2) is 0 Å². The molecule has 0 aromatic carbocycles. The summed E-state index contributed by atoms with van der Waals surface area (Å²) in [5.41, 5.74) is 1.53. The van der Waals surface area contributed by atoms with E-state index in [-0.39, 0.29) is 24.7 Å². The van der Waals surface area contributed by atoms with Gasteiger partial charge in [0.2, 0.25) is 5.91 Å². The van der Waals surface area contributed by atoms with Crippen LogP contribution in [0.15, 0.2) is 0 Å². The zero-order valence-corrected chi connectivity index (χ0v) is 14.2. The zero-order valence-electron chi connectivity index (χ0n) is 13.4. The van der Waals surface area contributed by atoms with Crippen LogP contribution in [-0.2, 0) is 11.2 Å². The van der Waals surface area contributed by atoms with Crippen molar-refractivity contribution in [1.82, 2.24) is 20.0 Å². The molecule has 0 radical (unpaired) electrons. The number of hydrogen-bond donors (Lipinski definition) is 1. The van der Waals surface area contributed by atoms with Crippen molar-refractivity contribution >= 4 is 18.3 Å². The smallest absolute Gasteiger partial charge is 0.333 e. The van der Waals surface area contributed by atoms with Gasteiger partial charge >= 0.3 is 6.55 Å². The molecule has 2 unspecified atom stereocenters. The number of alkyl halides is 2. The fourth-order valence-electron chi connectivity index (χ4n) is 3.58. The third kappa shape index (κ3) is 3.66. The molecule has 2 fully saturated rings. The molecule has 23 heavy (non-hydrogen) atoms. The Bertz CT molecular complexity index is 578. The summed E-state index contributed by atoms with van der Waals surface area (Å²) in [6.45, 7) is 2.08. The first-order valence-corrected chi connectivity index (χ1v) is 7.82. The van der Waals surface area contributed by atoms with Crippen molar-refractivity contribution in [1.29, 1.82) is 0 Å². The summed E-state index contributed by atoms with van der Waals surface area (Å²) in [4.78, 5) is 14.4. The fraction of sp³-hybridized carbons (Fsp3) is 0.733. The number of fused-ring (bicyclic) bond motifs is 2. The first-order chi connectivity index (χ1) is 10.5. The summed E-state index contributed by atoms with van der Waals surface area (Å²) in [5, 5.41) is 7.38. The molecule has 0 saturated carbocycles. The number of nitrogens with zero attached hydrogens (tertiary/aromatic N) is 3. The van der Waals surface area contributed by atoms with Crippen molar-refractivity contribution in [3.05, 3.63) is 17.0 Å². The topological polar surface area (TPSA) is 50.2 Å². The van der Waals surface area contributed by atoms with Crippen LogP contribution < -0.4 is 5.32 Å². The number of aromatic nitrogens is 2. The normalized spacial score (nSPS) is 23.8. The van der Waals surface area contributed by atoms with Crippen LogP contribution in [-0.4, -0.2) is 45.8 Å². The second kappa shape index (κ2) is 7.13. The Balaban J connectivity index is 0.00000192. The van der Waals surface area contributed by atoms with Gasteiger partial charge in [0.25, 0.3) is 0 Å². The molecule has 2 bridgehead atoms. The molecule has 5 nitrogen and oxygen atoms in total. The molecule has 1 aromatic heterocycles. The quantitative estimate of drug-likeness (QED) is 0.911. The Hall–Kier alpha value is -1.21. The van der Waals surface area contributed by atoms with Crippen LogP contribution in [0.25, 0.3) is 0 Å². The minimum absolute atomic E-state index is 0. The van der Waals surface area contributed by atoms with E-state index in [1.165, 1.54) is 6.42 Å². The molecule has 130 valence electrons. The van der Waals surface area contributed by atoms with Crippen LogP contribution >= 0.6 is 12.4 Å². The van der Waals surface area contributed by atoms with E-state index in [4.69, 9.17) is 0 Å². The van der Waals surface area contributed by atoms with Gasteiger partial charge in [0.1, 0.15) is 0 Å². The van der Waals surface area contributed by atoms with E-state index in [0.717, 1.165) is 25.9 Å². The molecule has 3 rings (SSSR count). The molecule has 2 aliphatic rings. The molecule has 1 amide bonds. The highest BCUT2D eigenvalue weighted by atomic mass is 35.5. The molecule has 8 heteroatoms. The van der Waals surface area contributed by atoms with Gasteiger partial charge in [0.05, 0.1) is 12.1 Å². The van der Waals surface area contributed by atoms with Gasteiger partial charge in [-0.15, -0.1) is 12.4 Å². The van der Waals surface area contributed by atoms with E-state index >= 15 is 0 Å². The first-order valence-electron chi connectivity index (χ1n) is 7.82. The van der Waals surface area contributed by atoms with Crippen LogP contribution in [0.1, 0.15) is 42.8 Å². The summed E-state index contributed by atoms with van der Waals surface area (Å²) >= 11 is 0. The maximum Gasteiger partial charge on any atom is 0.333 e. The SMILES string of the molecule is Cc1nn(C(F)F)c(C)c1CC(=O)N1CCC2CCC(C1)N2.Cl. The average molecular weight is 349 g/mol. The van der Waals surface area contributed by atoms with Gasteiger partial charge < -0.3 is 10.2 Å². The van der Waals surface area contributed by atoms with E-state index in [9.17, 15) is 13.6 Å². The molecule has 2 aliphatic heterocycles. The number of nitrogens with one attached hydrogen (secondary N) is 1. The lowest BCUT2D eigenvalue weighted by Gasteiger charge is -2.24. The predicted molar refractivity (Wildman–Crippen MR) is 85.0 cm³/mol. The summed E-state index contributed by atoms with van der Waals surface area (Å²) in [7, 11) is 0. The van der Waals surface area contributed by atoms with Crippen molar-refractivity contribution in [2.24, 2.45) is 0 Å². The first kappa shape index (κ1) is 18.1. The maximum atomic E-state index is 12.9. The number of carbonyl (C=O) groups is 1. The van der Waals surface area contributed by atoms with E-state index in [0.29, 0.717) is 33.7 Å². The molecular weight excluding hydrogens is 326 g/mol. The van der Waals surface area contributed by atoms with Crippen LogP contribution in [0.3, 0.4) is 0 Å². The second-order valence-corrected chi connectivity index (χ2v) is 6.31. The lowest BCUT2D eigenvalue weighted by atomic mass is 10.1. The van der Waals surface area contributed by atoms with Crippen LogP contribution in [0.4, 0.5) is 8.78 Å². The van der Waals surface area contributed by atoms with Gasteiger partial charge in [-0.1, -0.05) is 0 Å². The molecule has 1 N–H and O–H groups in total. The Morgan fingerprint density at radius 2 is 2.00 bits per heavy atom. The van der Waals surface area contributed by atoms with Gasteiger partial charge in [-0.2, -0.15) is 13.9 Å². The summed E-state index contributed by atoms with van der Waals surface area (Å²) in [6, 6.07) is 0.898. The number of aryl methyl sites for hydroxylation is 1. The Kier molecular flexibility index (Phi) is 5.62. The molecule has 2 saturated heterocycles. The van der Waals surface area contributed by atoms with Crippen molar-refractivity contribution < 1.29 is 13.6 Å². The van der Waals surface area contributed by atoms with Gasteiger partial charge in [0, 0.05) is 36.4 Å². The number of likely N-dealkylation sites (tertiary alicyclic amines) is 1. The minimum Gasteiger partial charge on any atom is -0.341 e. The van der Waals surface area contributed by atoms with Gasteiger partial charge in [-0.25, -0.2) is 4.68 Å². The molecule has 1 aromatic rings.